The summed E-state index contributed by atoms with van der Waals surface area (Å²) in [4.78, 5) is 72.5. The van der Waals surface area contributed by atoms with Crippen molar-refractivity contribution in [2.75, 3.05) is 39.6 Å². The molecule has 0 aromatic rings. The average molecular weight is 1310 g/mol. The van der Waals surface area contributed by atoms with E-state index in [2.05, 4.69) is 55.4 Å². The number of rotatable bonds is 67. The summed E-state index contributed by atoms with van der Waals surface area (Å²) in [5.41, 5.74) is 0. The summed E-state index contributed by atoms with van der Waals surface area (Å²) in [7, 11) is -9.90. The fraction of sp³-hybridized carbons (Fsp3) is 0.943. The highest BCUT2D eigenvalue weighted by Crippen LogP contribution is 2.45. The van der Waals surface area contributed by atoms with Crippen molar-refractivity contribution in [3.05, 3.63) is 0 Å². The molecule has 4 unspecified atom stereocenters. The molecule has 0 aliphatic carbocycles. The van der Waals surface area contributed by atoms with Crippen molar-refractivity contribution < 1.29 is 80.2 Å². The van der Waals surface area contributed by atoms with E-state index < -0.39 is 97.5 Å². The van der Waals surface area contributed by atoms with Crippen LogP contribution < -0.4 is 0 Å². The second-order valence-electron chi connectivity index (χ2n) is 26.9. The first-order valence-electron chi connectivity index (χ1n) is 36.2. The molecule has 528 valence electrons. The smallest absolute Gasteiger partial charge is 0.462 e. The first-order chi connectivity index (χ1) is 42.6. The highest BCUT2D eigenvalue weighted by atomic mass is 31.2. The third kappa shape index (κ3) is 63.2. The maximum Gasteiger partial charge on any atom is 0.472 e. The fourth-order valence-electron chi connectivity index (χ4n) is 10.5. The van der Waals surface area contributed by atoms with Gasteiger partial charge in [0.15, 0.2) is 12.2 Å². The Hall–Kier alpha value is -1.94. The number of aliphatic hydroxyl groups is 1. The van der Waals surface area contributed by atoms with Gasteiger partial charge < -0.3 is 33.8 Å². The largest absolute Gasteiger partial charge is 0.472 e. The Morgan fingerprint density at radius 2 is 0.539 bits per heavy atom. The van der Waals surface area contributed by atoms with Gasteiger partial charge in [0.2, 0.25) is 0 Å². The van der Waals surface area contributed by atoms with E-state index in [1.807, 2.05) is 0 Å². The maximum atomic E-state index is 13.0. The monoisotopic (exact) mass is 1310 g/mol. The molecule has 0 aromatic heterocycles. The van der Waals surface area contributed by atoms with Crippen LogP contribution in [0.15, 0.2) is 0 Å². The average Bonchev–Trinajstić information content (AvgIpc) is 3.69. The second-order valence-corrected chi connectivity index (χ2v) is 29.8. The summed E-state index contributed by atoms with van der Waals surface area (Å²) in [6, 6.07) is 0. The zero-order valence-electron chi connectivity index (χ0n) is 58.1. The number of carbonyl (C=O) groups is 4. The van der Waals surface area contributed by atoms with E-state index in [0.717, 1.165) is 108 Å². The molecule has 0 rings (SSSR count). The number of esters is 4. The van der Waals surface area contributed by atoms with Crippen molar-refractivity contribution >= 4 is 39.5 Å². The number of aliphatic hydroxyl groups excluding tert-OH is 1. The molecule has 89 heavy (non-hydrogen) atoms. The van der Waals surface area contributed by atoms with Gasteiger partial charge >= 0.3 is 39.5 Å². The van der Waals surface area contributed by atoms with E-state index in [0.29, 0.717) is 31.6 Å². The van der Waals surface area contributed by atoms with Crippen LogP contribution in [-0.2, 0) is 65.4 Å². The van der Waals surface area contributed by atoms with Gasteiger partial charge in [-0.25, -0.2) is 9.13 Å². The molecule has 0 heterocycles. The highest BCUT2D eigenvalue weighted by molar-refractivity contribution is 7.47. The topological polar surface area (TPSA) is 237 Å². The molecule has 19 heteroatoms. The highest BCUT2D eigenvalue weighted by Gasteiger charge is 2.30. The third-order valence-electron chi connectivity index (χ3n) is 16.4. The van der Waals surface area contributed by atoms with E-state index in [1.165, 1.54) is 148 Å². The van der Waals surface area contributed by atoms with E-state index >= 15 is 0 Å². The Kier molecular flexibility index (Phi) is 58.5. The minimum atomic E-state index is -4.95. The lowest BCUT2D eigenvalue weighted by Gasteiger charge is -2.21. The van der Waals surface area contributed by atoms with Crippen LogP contribution in [0.25, 0.3) is 0 Å². The Morgan fingerprint density at radius 3 is 0.798 bits per heavy atom. The third-order valence-corrected chi connectivity index (χ3v) is 18.3. The molecule has 0 bridgehead atoms. The Morgan fingerprint density at radius 1 is 0.315 bits per heavy atom. The van der Waals surface area contributed by atoms with Gasteiger partial charge in [-0.2, -0.15) is 0 Å². The lowest BCUT2D eigenvalue weighted by atomic mass is 9.99. The lowest BCUT2D eigenvalue weighted by Crippen LogP contribution is -2.30. The zero-order chi connectivity index (χ0) is 66.1. The van der Waals surface area contributed by atoms with Crippen molar-refractivity contribution in [3.63, 3.8) is 0 Å². The van der Waals surface area contributed by atoms with Crippen LogP contribution >= 0.6 is 15.6 Å². The van der Waals surface area contributed by atoms with Gasteiger partial charge in [0.1, 0.15) is 19.3 Å². The van der Waals surface area contributed by atoms with Crippen molar-refractivity contribution in [1.29, 1.82) is 0 Å². The van der Waals surface area contributed by atoms with Gasteiger partial charge in [0.25, 0.3) is 0 Å². The molecule has 0 aliphatic heterocycles. The van der Waals surface area contributed by atoms with E-state index in [1.54, 1.807) is 0 Å². The molecule has 0 radical (unpaired) electrons. The number of phosphoric acid groups is 2. The van der Waals surface area contributed by atoms with Crippen LogP contribution in [0.5, 0.6) is 0 Å². The summed E-state index contributed by atoms with van der Waals surface area (Å²) >= 11 is 0. The lowest BCUT2D eigenvalue weighted by molar-refractivity contribution is -0.161. The summed E-state index contributed by atoms with van der Waals surface area (Å²) in [6.45, 7) is 14.1. The molecule has 0 fully saturated rings. The minimum Gasteiger partial charge on any atom is -0.462 e. The summed E-state index contributed by atoms with van der Waals surface area (Å²) in [5.74, 6) is 0.866. The molecule has 0 spiro atoms. The molecule has 0 saturated carbocycles. The van der Waals surface area contributed by atoms with Gasteiger partial charge in [-0.15, -0.1) is 0 Å². The van der Waals surface area contributed by atoms with E-state index in [9.17, 15) is 43.2 Å². The molecule has 0 aliphatic rings. The molecule has 0 saturated heterocycles. The predicted octanol–water partition coefficient (Wildman–Crippen LogP) is 19.7. The van der Waals surface area contributed by atoms with Crippen molar-refractivity contribution in [1.82, 2.24) is 0 Å². The minimum absolute atomic E-state index is 0.102. The maximum absolute atomic E-state index is 13.0. The molecule has 6 atom stereocenters. The Balaban J connectivity index is 5.26. The quantitative estimate of drug-likeness (QED) is 0.0222. The summed E-state index contributed by atoms with van der Waals surface area (Å²) in [5, 5.41) is 10.6. The number of hydrogen-bond acceptors (Lipinski definition) is 15. The standard InChI is InChI=1S/C70H136O17P2/c1-9-63(8)49-41-33-25-16-13-14-17-26-34-42-50-67(72)80-56-65(86-69(74)52-44-36-28-18-12-10-11-15-22-30-38-46-60(2)3)58-84-88(76,77)82-54-64(71)55-83-89(78,79)85-59-66(87-70(75)53-45-37-29-21-24-32-40-48-62(6)7)57-81-68(73)51-43-35-27-20-19-23-31-39-47-61(4)5/h60-66,71H,9-59H2,1-8H3,(H,76,77)(H,78,79)/t63?,64?,65-,66-/m1/s1. The number of hydrogen-bond donors (Lipinski definition) is 3. The summed E-state index contributed by atoms with van der Waals surface area (Å²) in [6.07, 6.45) is 41.7. The van der Waals surface area contributed by atoms with Crippen molar-refractivity contribution in [2.45, 2.75) is 363 Å². The van der Waals surface area contributed by atoms with Crippen LogP contribution in [-0.4, -0.2) is 96.7 Å². The van der Waals surface area contributed by atoms with Crippen molar-refractivity contribution in [2.24, 2.45) is 23.7 Å². The molecule has 17 nitrogen and oxygen atoms in total. The Bertz CT molecular complexity index is 1770. The first kappa shape index (κ1) is 87.1. The van der Waals surface area contributed by atoms with Gasteiger partial charge in [0, 0.05) is 25.7 Å². The normalized spacial score (nSPS) is 14.6. The predicted molar refractivity (Wildman–Crippen MR) is 358 cm³/mol. The molecule has 0 aromatic carbocycles. The van der Waals surface area contributed by atoms with Crippen LogP contribution in [0.1, 0.15) is 344 Å². The molecular weight excluding hydrogens is 1170 g/mol. The number of carbonyl (C=O) groups excluding carboxylic acids is 4. The molecule has 3 N–H and O–H groups in total. The number of unbranched alkanes of at least 4 members (excludes halogenated alkanes) is 32. The van der Waals surface area contributed by atoms with Gasteiger partial charge in [-0.3, -0.25) is 37.3 Å². The zero-order valence-corrected chi connectivity index (χ0v) is 59.8. The summed E-state index contributed by atoms with van der Waals surface area (Å²) < 4.78 is 68.3. The Labute approximate surface area is 543 Å². The molecular formula is C70H136O17P2. The van der Waals surface area contributed by atoms with Gasteiger partial charge in [-0.05, 0) is 49.4 Å². The first-order valence-corrected chi connectivity index (χ1v) is 39.2. The van der Waals surface area contributed by atoms with E-state index in [4.69, 9.17) is 37.0 Å². The van der Waals surface area contributed by atoms with E-state index in [-0.39, 0.29) is 25.7 Å². The van der Waals surface area contributed by atoms with Crippen LogP contribution in [0.3, 0.4) is 0 Å². The van der Waals surface area contributed by atoms with Crippen LogP contribution in [0.4, 0.5) is 0 Å². The second kappa shape index (κ2) is 59.8. The van der Waals surface area contributed by atoms with Crippen molar-refractivity contribution in [3.8, 4) is 0 Å². The van der Waals surface area contributed by atoms with Gasteiger partial charge in [-0.1, -0.05) is 293 Å². The number of phosphoric ester groups is 2. The SMILES string of the molecule is CCC(C)CCCCCCCCCCCCC(=O)OC[C@H](COP(=O)(O)OCC(O)COP(=O)(O)OC[C@@H](COC(=O)CCCCCCCCCCC(C)C)OC(=O)CCCCCCCCCC(C)C)OC(=O)CCCCCCCCCCCCCC(C)C. The van der Waals surface area contributed by atoms with Crippen LogP contribution in [0, 0.1) is 23.7 Å². The molecule has 0 amide bonds. The van der Waals surface area contributed by atoms with Crippen LogP contribution in [0.2, 0.25) is 0 Å². The van der Waals surface area contributed by atoms with Gasteiger partial charge in [0.05, 0.1) is 26.4 Å². The fourth-order valence-corrected chi connectivity index (χ4v) is 12.0. The number of ether oxygens (including phenoxy) is 4.